The SMILES string of the molecule is C/C(Cl)=C\CC1CCCC/C1=N/O. The van der Waals surface area contributed by atoms with Crippen LogP contribution in [0.5, 0.6) is 0 Å². The fourth-order valence-electron chi connectivity index (χ4n) is 1.76. The van der Waals surface area contributed by atoms with Gasteiger partial charge in [-0.15, -0.1) is 0 Å². The van der Waals surface area contributed by atoms with Gasteiger partial charge in [0.1, 0.15) is 0 Å². The molecule has 0 aliphatic heterocycles. The molecule has 1 saturated carbocycles. The van der Waals surface area contributed by atoms with Gasteiger partial charge in [0, 0.05) is 11.0 Å². The third-order valence-corrected chi connectivity index (χ3v) is 2.67. The second-order valence-electron chi connectivity index (χ2n) is 3.56. The first-order chi connectivity index (χ1) is 6.24. The Hall–Kier alpha value is -0.500. The van der Waals surface area contributed by atoms with Crippen LogP contribution in [0, 0.1) is 5.92 Å². The molecule has 0 aromatic rings. The van der Waals surface area contributed by atoms with Crippen LogP contribution in [0.2, 0.25) is 0 Å². The molecule has 0 saturated heterocycles. The molecule has 74 valence electrons. The van der Waals surface area contributed by atoms with Crippen molar-refractivity contribution in [1.29, 1.82) is 0 Å². The molecule has 1 fully saturated rings. The van der Waals surface area contributed by atoms with Crippen molar-refractivity contribution < 1.29 is 5.21 Å². The molecule has 3 heteroatoms. The number of halogens is 1. The quantitative estimate of drug-likeness (QED) is 0.538. The Balaban J connectivity index is 2.51. The van der Waals surface area contributed by atoms with Crippen molar-refractivity contribution in [3.8, 4) is 0 Å². The van der Waals surface area contributed by atoms with E-state index in [-0.39, 0.29) is 0 Å². The van der Waals surface area contributed by atoms with Gasteiger partial charge in [0.15, 0.2) is 0 Å². The summed E-state index contributed by atoms with van der Waals surface area (Å²) in [5.74, 6) is 0.410. The van der Waals surface area contributed by atoms with Crippen molar-refractivity contribution in [3.63, 3.8) is 0 Å². The Morgan fingerprint density at radius 3 is 3.08 bits per heavy atom. The standard InChI is InChI=1S/C10H16ClNO/c1-8(11)6-7-9-4-2-3-5-10(9)12-13/h6,9,13H,2-5,7H2,1H3/b8-6+,12-10-. The molecule has 1 unspecified atom stereocenters. The number of rotatable bonds is 2. The van der Waals surface area contributed by atoms with Gasteiger partial charge in [-0.25, -0.2) is 0 Å². The van der Waals surface area contributed by atoms with Crippen LogP contribution in [0.1, 0.15) is 39.0 Å². The predicted molar refractivity (Wildman–Crippen MR) is 55.4 cm³/mol. The molecule has 1 rings (SSSR count). The average molecular weight is 202 g/mol. The molecule has 1 atom stereocenters. The zero-order chi connectivity index (χ0) is 9.68. The van der Waals surface area contributed by atoms with Crippen molar-refractivity contribution in [2.75, 3.05) is 0 Å². The first-order valence-electron chi connectivity index (χ1n) is 4.77. The van der Waals surface area contributed by atoms with E-state index in [9.17, 15) is 0 Å². The highest BCUT2D eigenvalue weighted by Gasteiger charge is 2.19. The van der Waals surface area contributed by atoms with Crippen molar-refractivity contribution in [2.24, 2.45) is 11.1 Å². The van der Waals surface area contributed by atoms with Crippen LogP contribution in [-0.2, 0) is 0 Å². The van der Waals surface area contributed by atoms with Crippen LogP contribution in [0.3, 0.4) is 0 Å². The average Bonchev–Trinajstić information content (AvgIpc) is 2.15. The van der Waals surface area contributed by atoms with E-state index in [4.69, 9.17) is 16.8 Å². The van der Waals surface area contributed by atoms with E-state index in [0.717, 1.165) is 36.4 Å². The van der Waals surface area contributed by atoms with E-state index in [0.29, 0.717) is 5.92 Å². The van der Waals surface area contributed by atoms with Crippen LogP contribution in [0.4, 0.5) is 0 Å². The lowest BCUT2D eigenvalue weighted by Gasteiger charge is -2.21. The molecule has 0 heterocycles. The molecule has 0 aromatic heterocycles. The van der Waals surface area contributed by atoms with Crippen molar-refractivity contribution >= 4 is 17.3 Å². The van der Waals surface area contributed by atoms with Gasteiger partial charge in [0.2, 0.25) is 0 Å². The fraction of sp³-hybridized carbons (Fsp3) is 0.700. The van der Waals surface area contributed by atoms with Gasteiger partial charge in [0.25, 0.3) is 0 Å². The van der Waals surface area contributed by atoms with E-state index in [2.05, 4.69) is 5.16 Å². The number of oxime groups is 1. The van der Waals surface area contributed by atoms with Gasteiger partial charge in [-0.1, -0.05) is 29.3 Å². The fourth-order valence-corrected chi connectivity index (χ4v) is 1.85. The molecule has 0 spiro atoms. The lowest BCUT2D eigenvalue weighted by atomic mass is 9.85. The Kier molecular flexibility index (Phi) is 4.29. The summed E-state index contributed by atoms with van der Waals surface area (Å²) in [6.07, 6.45) is 7.37. The van der Waals surface area contributed by atoms with E-state index >= 15 is 0 Å². The molecule has 2 nitrogen and oxygen atoms in total. The van der Waals surface area contributed by atoms with E-state index in [1.54, 1.807) is 0 Å². The Bertz CT molecular complexity index is 219. The van der Waals surface area contributed by atoms with Crippen LogP contribution in [0.15, 0.2) is 16.3 Å². The molecule has 0 radical (unpaired) electrons. The molecule has 0 amide bonds. The molecule has 0 aromatic carbocycles. The first-order valence-corrected chi connectivity index (χ1v) is 5.15. The number of hydrogen-bond acceptors (Lipinski definition) is 2. The van der Waals surface area contributed by atoms with Crippen molar-refractivity contribution in [1.82, 2.24) is 0 Å². The highest BCUT2D eigenvalue weighted by molar-refractivity contribution is 6.29. The third kappa shape index (κ3) is 3.39. The normalized spacial score (nSPS) is 28.0. The minimum absolute atomic E-state index is 0.410. The van der Waals surface area contributed by atoms with Gasteiger partial charge < -0.3 is 5.21 Å². The summed E-state index contributed by atoms with van der Waals surface area (Å²) >= 11 is 5.75. The second-order valence-corrected chi connectivity index (χ2v) is 4.16. The monoisotopic (exact) mass is 201 g/mol. The Morgan fingerprint density at radius 2 is 2.46 bits per heavy atom. The minimum Gasteiger partial charge on any atom is -0.411 e. The Morgan fingerprint density at radius 1 is 1.69 bits per heavy atom. The zero-order valence-electron chi connectivity index (χ0n) is 7.96. The molecule has 13 heavy (non-hydrogen) atoms. The lowest BCUT2D eigenvalue weighted by Crippen LogP contribution is -2.18. The van der Waals surface area contributed by atoms with Crippen LogP contribution in [-0.4, -0.2) is 10.9 Å². The minimum atomic E-state index is 0.410. The van der Waals surface area contributed by atoms with Crippen LogP contribution < -0.4 is 0 Å². The molecule has 1 aliphatic carbocycles. The summed E-state index contributed by atoms with van der Waals surface area (Å²) in [6.45, 7) is 1.88. The van der Waals surface area contributed by atoms with Gasteiger partial charge in [-0.05, 0) is 32.6 Å². The van der Waals surface area contributed by atoms with E-state index in [1.807, 2.05) is 13.0 Å². The molecule has 0 bridgehead atoms. The maximum absolute atomic E-state index is 8.76. The molecule has 1 N–H and O–H groups in total. The molecular weight excluding hydrogens is 186 g/mol. The first kappa shape index (κ1) is 10.6. The van der Waals surface area contributed by atoms with Gasteiger partial charge >= 0.3 is 0 Å². The summed E-state index contributed by atoms with van der Waals surface area (Å²) < 4.78 is 0. The molecule has 1 aliphatic rings. The smallest absolute Gasteiger partial charge is 0.0604 e. The lowest BCUT2D eigenvalue weighted by molar-refractivity contribution is 0.309. The summed E-state index contributed by atoms with van der Waals surface area (Å²) in [6, 6.07) is 0. The maximum Gasteiger partial charge on any atom is 0.0604 e. The zero-order valence-corrected chi connectivity index (χ0v) is 8.72. The number of hydrogen-bond donors (Lipinski definition) is 1. The van der Waals surface area contributed by atoms with Gasteiger partial charge in [-0.3, -0.25) is 0 Å². The number of nitrogens with zero attached hydrogens (tertiary/aromatic N) is 1. The maximum atomic E-state index is 8.76. The van der Waals surface area contributed by atoms with Crippen LogP contribution >= 0.6 is 11.6 Å². The summed E-state index contributed by atoms with van der Waals surface area (Å²) in [5, 5.41) is 12.9. The topological polar surface area (TPSA) is 32.6 Å². The van der Waals surface area contributed by atoms with Crippen LogP contribution in [0.25, 0.3) is 0 Å². The van der Waals surface area contributed by atoms with E-state index in [1.165, 1.54) is 6.42 Å². The largest absolute Gasteiger partial charge is 0.411 e. The van der Waals surface area contributed by atoms with Crippen molar-refractivity contribution in [3.05, 3.63) is 11.1 Å². The highest BCUT2D eigenvalue weighted by Crippen LogP contribution is 2.25. The predicted octanol–water partition coefficient (Wildman–Crippen LogP) is 3.54. The van der Waals surface area contributed by atoms with Gasteiger partial charge in [0.05, 0.1) is 5.71 Å². The van der Waals surface area contributed by atoms with Crippen molar-refractivity contribution in [2.45, 2.75) is 39.0 Å². The third-order valence-electron chi connectivity index (χ3n) is 2.52. The second kappa shape index (κ2) is 5.28. The summed E-state index contributed by atoms with van der Waals surface area (Å²) in [5.41, 5.74) is 0.945. The van der Waals surface area contributed by atoms with Gasteiger partial charge in [-0.2, -0.15) is 0 Å². The summed E-state index contributed by atoms with van der Waals surface area (Å²) in [4.78, 5) is 0. The van der Waals surface area contributed by atoms with E-state index < -0.39 is 0 Å². The summed E-state index contributed by atoms with van der Waals surface area (Å²) in [7, 11) is 0. The highest BCUT2D eigenvalue weighted by atomic mass is 35.5. The molecular formula is C10H16ClNO. The number of allylic oxidation sites excluding steroid dienone is 2. The Labute approximate surface area is 84.3 Å².